The Morgan fingerprint density at radius 2 is 1.84 bits per heavy atom. The average Bonchev–Trinajstić information content (AvgIpc) is 3.67. The highest BCUT2D eigenvalue weighted by Gasteiger charge is 2.33. The van der Waals surface area contributed by atoms with E-state index >= 15 is 0 Å². The number of fused-ring (bicyclic) bond motifs is 2. The number of allylic oxidation sites excluding steroid dienone is 1. The lowest BCUT2D eigenvalue weighted by atomic mass is 10.0. The van der Waals surface area contributed by atoms with E-state index in [1.165, 1.54) is 11.8 Å². The summed E-state index contributed by atoms with van der Waals surface area (Å²) >= 11 is 1.36. The Kier molecular flexibility index (Phi) is 6.05. The molecule has 1 aromatic heterocycles. The summed E-state index contributed by atoms with van der Waals surface area (Å²) in [6, 6.07) is 20.6. The van der Waals surface area contributed by atoms with Crippen LogP contribution in [-0.4, -0.2) is 36.3 Å². The van der Waals surface area contributed by atoms with Crippen molar-refractivity contribution in [3.63, 3.8) is 0 Å². The van der Waals surface area contributed by atoms with Crippen molar-refractivity contribution >= 4 is 28.6 Å². The minimum atomic E-state index is -1.05. The fraction of sp³-hybridized carbons (Fsp3) is 0.179. The van der Waals surface area contributed by atoms with E-state index in [1.807, 2.05) is 71.3 Å². The van der Waals surface area contributed by atoms with E-state index in [9.17, 15) is 9.90 Å². The number of carboxylic acids is 1. The van der Waals surface area contributed by atoms with Crippen LogP contribution in [0.3, 0.4) is 0 Å². The Hall–Kier alpha value is -4.24. The predicted octanol–water partition coefficient (Wildman–Crippen LogP) is 5.86. The van der Waals surface area contributed by atoms with E-state index in [4.69, 9.17) is 23.7 Å². The monoisotopic (exact) mass is 517 g/mol. The molecule has 3 heterocycles. The number of carbonyl (C=O) groups is 1. The van der Waals surface area contributed by atoms with Crippen molar-refractivity contribution in [3.05, 3.63) is 90.0 Å². The molecule has 6 rings (SSSR count). The third kappa shape index (κ3) is 4.31. The van der Waals surface area contributed by atoms with E-state index in [1.54, 1.807) is 13.4 Å². The fourth-order valence-electron chi connectivity index (χ4n) is 4.66. The molecule has 2 aliphatic rings. The van der Waals surface area contributed by atoms with E-state index in [0.29, 0.717) is 39.8 Å². The van der Waals surface area contributed by atoms with Gasteiger partial charge >= 0.3 is 5.97 Å². The summed E-state index contributed by atoms with van der Waals surface area (Å²) in [5.41, 5.74) is 1.87. The van der Waals surface area contributed by atoms with Crippen LogP contribution in [0.1, 0.15) is 22.1 Å². The Morgan fingerprint density at radius 1 is 1.03 bits per heavy atom. The van der Waals surface area contributed by atoms with Crippen LogP contribution in [0.5, 0.6) is 17.2 Å². The molecular formula is C28H23NO7S. The molecule has 3 aromatic carbocycles. The van der Waals surface area contributed by atoms with Gasteiger partial charge in [-0.3, -0.25) is 0 Å². The molecule has 0 spiro atoms. The van der Waals surface area contributed by atoms with Crippen LogP contribution in [0.25, 0.3) is 10.9 Å². The standard InChI is InChI=1S/C28H23NO7S/c1-32-18-8-5-9-19(11-18)37-27-20-12-23-24(36-16-35-23)13-21(20)29(26(27)28(30)31)22(25-14-33-15-34-25)10-17-6-3-2-4-7-17/h2-9,11-14,22H,10,15-16H2,1H3,(H,30,31). The van der Waals surface area contributed by atoms with Gasteiger partial charge in [-0.05, 0) is 29.8 Å². The van der Waals surface area contributed by atoms with E-state index in [0.717, 1.165) is 15.8 Å². The summed E-state index contributed by atoms with van der Waals surface area (Å²) < 4.78 is 29.7. The molecule has 37 heavy (non-hydrogen) atoms. The van der Waals surface area contributed by atoms with E-state index < -0.39 is 12.0 Å². The lowest BCUT2D eigenvalue weighted by Crippen LogP contribution is -2.20. The molecule has 2 aliphatic heterocycles. The zero-order valence-electron chi connectivity index (χ0n) is 19.9. The molecule has 0 bridgehead atoms. The maximum atomic E-state index is 12.9. The summed E-state index contributed by atoms with van der Waals surface area (Å²) in [5, 5.41) is 11.3. The SMILES string of the molecule is COc1cccc(Sc2c(C(=O)O)n(C(Cc3ccccc3)C3=COCO3)c3cc4c(cc23)OCO4)c1. The van der Waals surface area contributed by atoms with Crippen LogP contribution in [0.4, 0.5) is 0 Å². The molecule has 0 radical (unpaired) electrons. The molecule has 0 saturated heterocycles. The number of aromatic carboxylic acids is 1. The van der Waals surface area contributed by atoms with Crippen molar-refractivity contribution < 1.29 is 33.6 Å². The van der Waals surface area contributed by atoms with Crippen molar-refractivity contribution in [2.45, 2.75) is 22.3 Å². The maximum Gasteiger partial charge on any atom is 0.353 e. The maximum absolute atomic E-state index is 12.9. The summed E-state index contributed by atoms with van der Waals surface area (Å²) in [4.78, 5) is 14.4. The largest absolute Gasteiger partial charge is 0.497 e. The summed E-state index contributed by atoms with van der Waals surface area (Å²) in [7, 11) is 1.60. The van der Waals surface area contributed by atoms with Gasteiger partial charge in [0, 0.05) is 22.8 Å². The quantitative estimate of drug-likeness (QED) is 0.311. The zero-order chi connectivity index (χ0) is 25.4. The molecule has 1 N–H and O–H groups in total. The van der Waals surface area contributed by atoms with Crippen molar-refractivity contribution in [1.82, 2.24) is 4.57 Å². The van der Waals surface area contributed by atoms with Gasteiger partial charge in [0.2, 0.25) is 13.6 Å². The molecular weight excluding hydrogens is 494 g/mol. The first-order valence-electron chi connectivity index (χ1n) is 11.6. The molecule has 0 fully saturated rings. The van der Waals surface area contributed by atoms with Gasteiger partial charge in [0.05, 0.1) is 23.6 Å². The van der Waals surface area contributed by atoms with Crippen LogP contribution in [0.15, 0.2) is 88.5 Å². The van der Waals surface area contributed by atoms with Crippen LogP contribution >= 0.6 is 11.8 Å². The van der Waals surface area contributed by atoms with Gasteiger partial charge < -0.3 is 33.4 Å². The molecule has 188 valence electrons. The highest BCUT2D eigenvalue weighted by Crippen LogP contribution is 2.47. The van der Waals surface area contributed by atoms with Crippen molar-refractivity contribution in [2.75, 3.05) is 20.7 Å². The summed E-state index contributed by atoms with van der Waals surface area (Å²) in [5.74, 6) is 1.33. The van der Waals surface area contributed by atoms with Crippen LogP contribution < -0.4 is 14.2 Å². The second-order valence-corrected chi connectivity index (χ2v) is 9.59. The number of hydrogen-bond acceptors (Lipinski definition) is 7. The Bertz CT molecular complexity index is 1510. The number of nitrogens with zero attached hydrogens (tertiary/aromatic N) is 1. The minimum absolute atomic E-state index is 0.0833. The summed E-state index contributed by atoms with van der Waals surface area (Å²) in [6.45, 7) is 0.196. The van der Waals surface area contributed by atoms with Crippen LogP contribution in [0, 0.1) is 0 Å². The molecule has 0 amide bonds. The molecule has 8 nitrogen and oxygen atoms in total. The minimum Gasteiger partial charge on any atom is -0.497 e. The molecule has 0 aliphatic carbocycles. The normalized spacial score (nSPS) is 14.7. The molecule has 0 saturated carbocycles. The molecule has 4 aromatic rings. The van der Waals surface area contributed by atoms with Crippen LogP contribution in [-0.2, 0) is 15.9 Å². The Balaban J connectivity index is 1.59. The topological polar surface area (TPSA) is 88.4 Å². The second kappa shape index (κ2) is 9.67. The number of ether oxygens (including phenoxy) is 5. The summed E-state index contributed by atoms with van der Waals surface area (Å²) in [6.07, 6.45) is 2.06. The number of aromatic nitrogens is 1. The third-order valence-corrected chi connectivity index (χ3v) is 7.43. The van der Waals surface area contributed by atoms with Crippen molar-refractivity contribution in [3.8, 4) is 17.2 Å². The van der Waals surface area contributed by atoms with Gasteiger partial charge in [-0.15, -0.1) is 0 Å². The number of hydrogen-bond donors (Lipinski definition) is 1. The second-order valence-electron chi connectivity index (χ2n) is 8.51. The predicted molar refractivity (Wildman–Crippen MR) is 136 cm³/mol. The lowest BCUT2D eigenvalue weighted by molar-refractivity contribution is 0.0658. The fourth-order valence-corrected chi connectivity index (χ4v) is 5.78. The highest BCUT2D eigenvalue weighted by molar-refractivity contribution is 7.99. The first kappa shape index (κ1) is 23.2. The van der Waals surface area contributed by atoms with Crippen molar-refractivity contribution in [1.29, 1.82) is 0 Å². The van der Waals surface area contributed by atoms with Gasteiger partial charge in [0.1, 0.15) is 17.7 Å². The molecule has 1 unspecified atom stereocenters. The van der Waals surface area contributed by atoms with Gasteiger partial charge in [-0.25, -0.2) is 4.79 Å². The lowest BCUT2D eigenvalue weighted by Gasteiger charge is -2.22. The van der Waals surface area contributed by atoms with Crippen LogP contribution in [0.2, 0.25) is 0 Å². The average molecular weight is 518 g/mol. The molecule has 1 atom stereocenters. The van der Waals surface area contributed by atoms with Gasteiger partial charge in [0.15, 0.2) is 17.3 Å². The van der Waals surface area contributed by atoms with Crippen molar-refractivity contribution in [2.24, 2.45) is 0 Å². The van der Waals surface area contributed by atoms with Gasteiger partial charge in [0.25, 0.3) is 0 Å². The Morgan fingerprint density at radius 3 is 2.57 bits per heavy atom. The third-order valence-electron chi connectivity index (χ3n) is 6.32. The van der Waals surface area contributed by atoms with Gasteiger partial charge in [-0.2, -0.15) is 0 Å². The zero-order valence-corrected chi connectivity index (χ0v) is 20.7. The number of benzene rings is 3. The number of carboxylic acid groups (broad SMARTS) is 1. The first-order chi connectivity index (χ1) is 18.1. The molecule has 9 heteroatoms. The number of rotatable bonds is 8. The smallest absolute Gasteiger partial charge is 0.353 e. The number of methoxy groups -OCH3 is 1. The highest BCUT2D eigenvalue weighted by atomic mass is 32.2. The Labute approximate surface area is 217 Å². The van der Waals surface area contributed by atoms with E-state index in [-0.39, 0.29) is 19.3 Å². The van der Waals surface area contributed by atoms with E-state index in [2.05, 4.69) is 0 Å². The van der Waals surface area contributed by atoms with Gasteiger partial charge in [-0.1, -0.05) is 48.2 Å². The first-order valence-corrected chi connectivity index (χ1v) is 12.4.